The Balaban J connectivity index is 2.53. The van der Waals surface area contributed by atoms with Crippen molar-refractivity contribution >= 4 is 16.0 Å². The number of nitrogens with one attached hydrogen (secondary N) is 3. The molecule has 1 aliphatic heterocycles. The maximum atomic E-state index is 12.1. The third kappa shape index (κ3) is 8.76. The van der Waals surface area contributed by atoms with Gasteiger partial charge in [-0.3, -0.25) is 20.0 Å². The number of aliphatic hydroxyl groups is 5. The van der Waals surface area contributed by atoms with E-state index in [2.05, 4.69) is 16.0 Å². The molecule has 1 saturated heterocycles. The summed E-state index contributed by atoms with van der Waals surface area (Å²) in [5.74, 6) is -1.45. The Kier molecular flexibility index (Phi) is 10.0. The number of amides is 1. The van der Waals surface area contributed by atoms with Crippen molar-refractivity contribution in [2.24, 2.45) is 5.92 Å². The van der Waals surface area contributed by atoms with E-state index in [1.807, 2.05) is 0 Å². The minimum atomic E-state index is -4.02. The molecule has 1 heterocycles. The third-order valence-electron chi connectivity index (χ3n) is 4.30. The summed E-state index contributed by atoms with van der Waals surface area (Å²) in [5, 5.41) is 54.9. The molecule has 1 amide bonds. The molecule has 6 atom stereocenters. The van der Waals surface area contributed by atoms with Gasteiger partial charge in [-0.15, -0.1) is 0 Å². The first-order valence-electron chi connectivity index (χ1n) is 8.63. The Hall–Kier alpha value is -0.900. The van der Waals surface area contributed by atoms with Crippen molar-refractivity contribution in [2.45, 2.75) is 56.5 Å². The summed E-state index contributed by atoms with van der Waals surface area (Å²) in [7, 11) is -4.02. The second kappa shape index (κ2) is 11.2. The number of rotatable bonds is 12. The van der Waals surface area contributed by atoms with Gasteiger partial charge >= 0.3 is 0 Å². The predicted octanol–water partition coefficient (Wildman–Crippen LogP) is -3.96. The van der Waals surface area contributed by atoms with Gasteiger partial charge in [-0.2, -0.15) is 8.42 Å². The summed E-state index contributed by atoms with van der Waals surface area (Å²) < 4.78 is 30.0. The van der Waals surface area contributed by atoms with E-state index in [9.17, 15) is 33.6 Å². The first-order chi connectivity index (χ1) is 12.5. The van der Waals surface area contributed by atoms with E-state index >= 15 is 0 Å². The Labute approximate surface area is 157 Å². The summed E-state index contributed by atoms with van der Waals surface area (Å²) in [6.07, 6.45) is -5.07. The quantitative estimate of drug-likeness (QED) is 0.111. The van der Waals surface area contributed by atoms with Crippen LogP contribution >= 0.6 is 0 Å². The average molecular weight is 415 g/mol. The van der Waals surface area contributed by atoms with Gasteiger partial charge in [0.15, 0.2) is 6.35 Å². The van der Waals surface area contributed by atoms with E-state index in [0.717, 1.165) is 0 Å². The van der Waals surface area contributed by atoms with E-state index in [4.69, 9.17) is 9.66 Å². The van der Waals surface area contributed by atoms with E-state index in [1.54, 1.807) is 0 Å². The molecule has 13 heteroatoms. The first kappa shape index (κ1) is 24.1. The molecular formula is C14H29N3O9S. The molecule has 27 heavy (non-hydrogen) atoms. The molecule has 0 aromatic rings. The fourth-order valence-corrected chi connectivity index (χ4v) is 3.35. The maximum absolute atomic E-state index is 12.1. The van der Waals surface area contributed by atoms with Gasteiger partial charge in [0.05, 0.1) is 30.5 Å². The molecule has 1 rings (SSSR count). The van der Waals surface area contributed by atoms with Crippen LogP contribution in [0.2, 0.25) is 0 Å². The zero-order valence-electron chi connectivity index (χ0n) is 14.7. The Morgan fingerprint density at radius 2 is 1.78 bits per heavy atom. The normalized spacial score (nSPS) is 27.0. The number of aliphatic hydroxyl groups excluding tert-OH is 5. The van der Waals surface area contributed by atoms with Crippen molar-refractivity contribution in [2.75, 3.05) is 18.9 Å². The van der Waals surface area contributed by atoms with Crippen LogP contribution < -0.4 is 16.0 Å². The van der Waals surface area contributed by atoms with Gasteiger partial charge in [-0.05, 0) is 12.8 Å². The van der Waals surface area contributed by atoms with Crippen molar-refractivity contribution in [3.05, 3.63) is 0 Å². The summed E-state index contributed by atoms with van der Waals surface area (Å²) in [5.41, 5.74) is 0. The van der Waals surface area contributed by atoms with Crippen molar-refractivity contribution in [3.63, 3.8) is 0 Å². The van der Waals surface area contributed by atoms with Crippen LogP contribution in [0.3, 0.4) is 0 Å². The standard InChI is InChI=1S/C14H29N3O9S/c18-7-10(20)11(21)9(19)6-15-12-8(13(22)17-14(23)16-12)4-2-1-3-5-27(24,25)26/h8-12,14-16,18-21,23H,1-7H2,(H,17,22)(H,24,25,26)/t8?,9-,10+,11-,12?,14?/m0/s1. The second-order valence-corrected chi connectivity index (χ2v) is 8.09. The lowest BCUT2D eigenvalue weighted by molar-refractivity contribution is -0.136. The zero-order valence-corrected chi connectivity index (χ0v) is 15.5. The van der Waals surface area contributed by atoms with E-state index in [-0.39, 0.29) is 18.7 Å². The lowest BCUT2D eigenvalue weighted by atomic mass is 9.95. The van der Waals surface area contributed by atoms with Crippen LogP contribution in [0, 0.1) is 5.92 Å². The molecule has 160 valence electrons. The highest BCUT2D eigenvalue weighted by Gasteiger charge is 2.35. The van der Waals surface area contributed by atoms with Crippen LogP contribution in [0.25, 0.3) is 0 Å². The molecule has 0 aromatic heterocycles. The van der Waals surface area contributed by atoms with Crippen LogP contribution in [0.15, 0.2) is 0 Å². The monoisotopic (exact) mass is 415 g/mol. The van der Waals surface area contributed by atoms with Gasteiger partial charge in [-0.25, -0.2) is 0 Å². The second-order valence-electron chi connectivity index (χ2n) is 6.51. The molecule has 0 saturated carbocycles. The Morgan fingerprint density at radius 3 is 2.37 bits per heavy atom. The fourth-order valence-electron chi connectivity index (χ4n) is 2.78. The van der Waals surface area contributed by atoms with Crippen LogP contribution in [-0.4, -0.2) is 94.1 Å². The van der Waals surface area contributed by atoms with Crippen molar-refractivity contribution in [1.29, 1.82) is 0 Å². The van der Waals surface area contributed by atoms with Gasteiger partial charge in [0.2, 0.25) is 5.91 Å². The van der Waals surface area contributed by atoms with Gasteiger partial charge < -0.3 is 30.8 Å². The van der Waals surface area contributed by atoms with Gasteiger partial charge in [0.1, 0.15) is 12.2 Å². The fraction of sp³-hybridized carbons (Fsp3) is 0.929. The van der Waals surface area contributed by atoms with E-state index < -0.39 is 59.4 Å². The molecule has 9 N–H and O–H groups in total. The van der Waals surface area contributed by atoms with Crippen molar-refractivity contribution < 1.29 is 43.3 Å². The number of hydrogen-bond donors (Lipinski definition) is 9. The molecular weight excluding hydrogens is 386 g/mol. The highest BCUT2D eigenvalue weighted by Crippen LogP contribution is 2.17. The molecule has 0 aromatic carbocycles. The smallest absolute Gasteiger partial charge is 0.264 e. The topological polar surface area (TPSA) is 209 Å². The summed E-state index contributed by atoms with van der Waals surface area (Å²) in [6.45, 7) is -0.956. The maximum Gasteiger partial charge on any atom is 0.264 e. The number of hydrogen-bond acceptors (Lipinski definition) is 10. The van der Waals surface area contributed by atoms with Gasteiger partial charge in [0, 0.05) is 6.54 Å². The molecule has 3 unspecified atom stereocenters. The molecule has 0 bridgehead atoms. The highest BCUT2D eigenvalue weighted by atomic mass is 32.2. The van der Waals surface area contributed by atoms with Crippen molar-refractivity contribution in [3.8, 4) is 0 Å². The molecule has 1 aliphatic rings. The highest BCUT2D eigenvalue weighted by molar-refractivity contribution is 7.85. The SMILES string of the molecule is O=C1NC(O)NC(NC[C@H](O)[C@H](O)[C@H](O)CO)C1CCCCCS(=O)(=O)O. The van der Waals surface area contributed by atoms with E-state index in [1.165, 1.54) is 0 Å². The van der Waals surface area contributed by atoms with Crippen LogP contribution in [-0.2, 0) is 14.9 Å². The van der Waals surface area contributed by atoms with Gasteiger partial charge in [-0.1, -0.05) is 12.8 Å². The minimum absolute atomic E-state index is 0.227. The molecule has 0 radical (unpaired) electrons. The van der Waals surface area contributed by atoms with E-state index in [0.29, 0.717) is 19.3 Å². The Bertz CT molecular complexity index is 562. The summed E-state index contributed by atoms with van der Waals surface area (Å²) >= 11 is 0. The van der Waals surface area contributed by atoms with Crippen molar-refractivity contribution in [1.82, 2.24) is 16.0 Å². The molecule has 0 spiro atoms. The molecule has 1 fully saturated rings. The largest absolute Gasteiger partial charge is 0.394 e. The van der Waals surface area contributed by atoms with Crippen LogP contribution in [0.4, 0.5) is 0 Å². The number of carbonyl (C=O) groups is 1. The summed E-state index contributed by atoms with van der Waals surface area (Å²) in [4.78, 5) is 12.1. The number of unbranched alkanes of at least 4 members (excludes halogenated alkanes) is 2. The minimum Gasteiger partial charge on any atom is -0.394 e. The predicted molar refractivity (Wildman–Crippen MR) is 92.6 cm³/mol. The average Bonchev–Trinajstić information content (AvgIpc) is 2.58. The van der Waals surface area contributed by atoms with Crippen LogP contribution in [0.5, 0.6) is 0 Å². The molecule has 0 aliphatic carbocycles. The lowest BCUT2D eigenvalue weighted by Gasteiger charge is -2.36. The number of carbonyl (C=O) groups excluding carboxylic acids is 1. The molecule has 12 nitrogen and oxygen atoms in total. The summed E-state index contributed by atoms with van der Waals surface area (Å²) in [6, 6.07) is 0. The van der Waals surface area contributed by atoms with Gasteiger partial charge in [0.25, 0.3) is 10.1 Å². The lowest BCUT2D eigenvalue weighted by Crippen LogP contribution is -2.66. The zero-order chi connectivity index (χ0) is 20.6. The van der Waals surface area contributed by atoms with Crippen LogP contribution in [0.1, 0.15) is 25.7 Å². The third-order valence-corrected chi connectivity index (χ3v) is 5.10. The first-order valence-corrected chi connectivity index (χ1v) is 10.2. The Morgan fingerprint density at radius 1 is 1.11 bits per heavy atom.